The maximum absolute atomic E-state index is 13.2. The van der Waals surface area contributed by atoms with E-state index in [9.17, 15) is 9.59 Å². The first-order chi connectivity index (χ1) is 18.5. The second-order valence-corrected chi connectivity index (χ2v) is 10.00. The summed E-state index contributed by atoms with van der Waals surface area (Å²) >= 11 is 0. The van der Waals surface area contributed by atoms with Crippen molar-refractivity contribution >= 4 is 11.7 Å². The topological polar surface area (TPSA) is 81.9 Å². The van der Waals surface area contributed by atoms with E-state index < -0.39 is 5.41 Å². The molecule has 0 bridgehead atoms. The zero-order chi connectivity index (χ0) is 27.0. The largest absolute Gasteiger partial charge is 0.493 e. The number of amides is 1. The van der Waals surface area contributed by atoms with Crippen molar-refractivity contribution in [1.82, 2.24) is 4.90 Å². The maximum atomic E-state index is 13.2. The van der Waals surface area contributed by atoms with Crippen LogP contribution < -0.4 is 15.2 Å². The van der Waals surface area contributed by atoms with Gasteiger partial charge in [-0.3, -0.25) is 9.59 Å². The molecule has 3 aromatic carbocycles. The highest BCUT2D eigenvalue weighted by molar-refractivity contribution is 5.94. The fourth-order valence-electron chi connectivity index (χ4n) is 5.74. The molecular weight excluding hydrogens is 476 g/mol. The molecule has 1 fully saturated rings. The predicted octanol–water partition coefficient (Wildman–Crippen LogP) is 5.24. The van der Waals surface area contributed by atoms with E-state index in [0.29, 0.717) is 23.7 Å². The number of Topliss-reactive ketones (excluding diaryl/α,β-unsaturated/α-hetero) is 1. The lowest BCUT2D eigenvalue weighted by Gasteiger charge is -2.43. The molecule has 0 spiro atoms. The van der Waals surface area contributed by atoms with Gasteiger partial charge in [-0.2, -0.15) is 0 Å². The molecule has 0 radical (unpaired) electrons. The van der Waals surface area contributed by atoms with Crippen molar-refractivity contribution < 1.29 is 19.1 Å². The Balaban J connectivity index is 1.33. The van der Waals surface area contributed by atoms with Crippen LogP contribution in [-0.4, -0.2) is 49.9 Å². The van der Waals surface area contributed by atoms with Gasteiger partial charge in [0.2, 0.25) is 5.91 Å². The average molecular weight is 515 g/mol. The first-order valence-corrected chi connectivity index (χ1v) is 13.4. The summed E-state index contributed by atoms with van der Waals surface area (Å²) in [6, 6.07) is 25.3. The predicted molar refractivity (Wildman–Crippen MR) is 150 cm³/mol. The van der Waals surface area contributed by atoms with E-state index in [0.717, 1.165) is 56.4 Å². The number of ether oxygens (including phenoxy) is 2. The Morgan fingerprint density at radius 3 is 2.03 bits per heavy atom. The van der Waals surface area contributed by atoms with Gasteiger partial charge in [-0.25, -0.2) is 0 Å². The molecule has 0 unspecified atom stereocenters. The number of carbonyl (C=O) groups is 2. The summed E-state index contributed by atoms with van der Waals surface area (Å²) in [5.74, 6) is 1.09. The molecule has 0 saturated carbocycles. The second kappa shape index (κ2) is 12.7. The van der Waals surface area contributed by atoms with E-state index in [4.69, 9.17) is 15.2 Å². The van der Waals surface area contributed by atoms with Crippen LogP contribution in [0.1, 0.15) is 54.1 Å². The average Bonchev–Trinajstić information content (AvgIpc) is 2.95. The van der Waals surface area contributed by atoms with Gasteiger partial charge < -0.3 is 20.1 Å². The summed E-state index contributed by atoms with van der Waals surface area (Å²) in [5, 5.41) is 0. The first kappa shape index (κ1) is 27.4. The van der Waals surface area contributed by atoms with Crippen LogP contribution in [0.5, 0.6) is 11.5 Å². The molecule has 200 valence electrons. The molecule has 4 rings (SSSR count). The molecular formula is C32H38N2O4. The minimum atomic E-state index is -0.834. The Bertz CT molecular complexity index is 1170. The molecule has 0 aromatic heterocycles. The highest BCUT2D eigenvalue weighted by Crippen LogP contribution is 2.44. The highest BCUT2D eigenvalue weighted by Gasteiger charge is 2.47. The van der Waals surface area contributed by atoms with Gasteiger partial charge in [0, 0.05) is 5.56 Å². The Hall–Kier alpha value is -3.64. The van der Waals surface area contributed by atoms with Crippen molar-refractivity contribution in [3.8, 4) is 11.5 Å². The van der Waals surface area contributed by atoms with Gasteiger partial charge in [0.25, 0.3) is 0 Å². The number of hydrogen-bond acceptors (Lipinski definition) is 5. The van der Waals surface area contributed by atoms with Crippen LogP contribution in [0.4, 0.5) is 0 Å². The molecule has 38 heavy (non-hydrogen) atoms. The van der Waals surface area contributed by atoms with Gasteiger partial charge in [0.05, 0.1) is 13.7 Å². The lowest BCUT2D eigenvalue weighted by Crippen LogP contribution is -2.51. The summed E-state index contributed by atoms with van der Waals surface area (Å²) < 4.78 is 11.3. The number of likely N-dealkylation sites (tertiary alicyclic amines) is 1. The SMILES string of the molecule is COc1cc(C(C)=O)ccc1OCCCCN1CCC(C(C(N)=O)(c2ccccc2)c2ccccc2)CC1. The standard InChI is InChI=1S/C32H38N2O4/c1-24(35)25-15-16-29(30(23-25)37-2)38-22-10-9-19-34-20-17-28(18-21-34)32(31(33)36,26-11-5-3-6-12-26)27-13-7-4-8-14-27/h3-8,11-16,23,28H,9-10,17-22H2,1-2H3,(H2,33,36). The number of ketones is 1. The number of methoxy groups -OCH3 is 1. The van der Waals surface area contributed by atoms with Crippen LogP contribution in [0.3, 0.4) is 0 Å². The smallest absolute Gasteiger partial charge is 0.232 e. The van der Waals surface area contributed by atoms with Crippen LogP contribution in [0.15, 0.2) is 78.9 Å². The molecule has 6 heteroatoms. The number of unbranched alkanes of at least 4 members (excludes halogenated alkanes) is 1. The number of nitrogens with zero attached hydrogens (tertiary/aromatic N) is 1. The van der Waals surface area contributed by atoms with E-state index in [1.54, 1.807) is 25.3 Å². The summed E-state index contributed by atoms with van der Waals surface area (Å²) in [5.41, 5.74) is 7.94. The normalized spacial score (nSPS) is 14.7. The zero-order valence-corrected chi connectivity index (χ0v) is 22.4. The van der Waals surface area contributed by atoms with Gasteiger partial charge in [0.15, 0.2) is 17.3 Å². The van der Waals surface area contributed by atoms with Crippen LogP contribution in [0.2, 0.25) is 0 Å². The number of hydrogen-bond donors (Lipinski definition) is 1. The van der Waals surface area contributed by atoms with Crippen LogP contribution in [0.25, 0.3) is 0 Å². The molecule has 1 aliphatic heterocycles. The number of primary amides is 1. The molecule has 6 nitrogen and oxygen atoms in total. The van der Waals surface area contributed by atoms with Crippen LogP contribution in [0, 0.1) is 5.92 Å². The fraction of sp³-hybridized carbons (Fsp3) is 0.375. The van der Waals surface area contributed by atoms with Crippen molar-refractivity contribution in [2.45, 2.75) is 38.0 Å². The Morgan fingerprint density at radius 1 is 0.895 bits per heavy atom. The van der Waals surface area contributed by atoms with E-state index in [-0.39, 0.29) is 17.6 Å². The van der Waals surface area contributed by atoms with Crippen molar-refractivity contribution in [3.05, 3.63) is 95.6 Å². The summed E-state index contributed by atoms with van der Waals surface area (Å²) in [6.07, 6.45) is 3.74. The summed E-state index contributed by atoms with van der Waals surface area (Å²) in [6.45, 7) is 4.96. The van der Waals surface area contributed by atoms with Gasteiger partial charge in [-0.05, 0) is 87.5 Å². The molecule has 2 N–H and O–H groups in total. The fourth-order valence-corrected chi connectivity index (χ4v) is 5.74. The summed E-state index contributed by atoms with van der Waals surface area (Å²) in [4.78, 5) is 27.3. The first-order valence-electron chi connectivity index (χ1n) is 13.4. The molecule has 1 heterocycles. The van der Waals surface area contributed by atoms with Gasteiger partial charge >= 0.3 is 0 Å². The lowest BCUT2D eigenvalue weighted by atomic mass is 9.62. The molecule has 3 aromatic rings. The zero-order valence-electron chi connectivity index (χ0n) is 22.4. The maximum Gasteiger partial charge on any atom is 0.232 e. The lowest BCUT2D eigenvalue weighted by molar-refractivity contribution is -0.124. The van der Waals surface area contributed by atoms with Crippen molar-refractivity contribution in [3.63, 3.8) is 0 Å². The van der Waals surface area contributed by atoms with E-state index in [1.807, 2.05) is 60.7 Å². The Kier molecular flexibility index (Phi) is 9.19. The number of benzene rings is 3. The van der Waals surface area contributed by atoms with Gasteiger partial charge in [-0.1, -0.05) is 60.7 Å². The third-order valence-electron chi connectivity index (χ3n) is 7.74. The Morgan fingerprint density at radius 2 is 1.50 bits per heavy atom. The highest BCUT2D eigenvalue weighted by atomic mass is 16.5. The minimum Gasteiger partial charge on any atom is -0.493 e. The second-order valence-electron chi connectivity index (χ2n) is 10.00. The van der Waals surface area contributed by atoms with Crippen molar-refractivity contribution in [2.24, 2.45) is 11.7 Å². The minimum absolute atomic E-state index is 0.000715. The molecule has 1 aliphatic rings. The molecule has 0 atom stereocenters. The summed E-state index contributed by atoms with van der Waals surface area (Å²) in [7, 11) is 1.58. The number of carbonyl (C=O) groups excluding carboxylic acids is 2. The quantitative estimate of drug-likeness (QED) is 0.264. The van der Waals surface area contributed by atoms with Gasteiger partial charge in [-0.15, -0.1) is 0 Å². The van der Waals surface area contributed by atoms with E-state index in [1.165, 1.54) is 6.92 Å². The third-order valence-corrected chi connectivity index (χ3v) is 7.74. The van der Waals surface area contributed by atoms with Crippen molar-refractivity contribution in [1.29, 1.82) is 0 Å². The number of nitrogens with two attached hydrogens (primary N) is 1. The number of rotatable bonds is 12. The molecule has 1 saturated heterocycles. The van der Waals surface area contributed by atoms with E-state index >= 15 is 0 Å². The van der Waals surface area contributed by atoms with Gasteiger partial charge in [0.1, 0.15) is 5.41 Å². The number of piperidine rings is 1. The van der Waals surface area contributed by atoms with Crippen LogP contribution in [-0.2, 0) is 10.2 Å². The molecule has 1 amide bonds. The van der Waals surface area contributed by atoms with Crippen molar-refractivity contribution in [2.75, 3.05) is 33.4 Å². The monoisotopic (exact) mass is 514 g/mol. The van der Waals surface area contributed by atoms with Crippen LogP contribution >= 0.6 is 0 Å². The third kappa shape index (κ3) is 5.91. The van der Waals surface area contributed by atoms with E-state index in [2.05, 4.69) is 4.90 Å². The molecule has 0 aliphatic carbocycles. The Labute approximate surface area is 225 Å².